The molecule has 0 radical (unpaired) electrons. The Morgan fingerprint density at radius 1 is 1.41 bits per heavy atom. The summed E-state index contributed by atoms with van der Waals surface area (Å²) in [6.45, 7) is 7.02. The lowest BCUT2D eigenvalue weighted by Crippen LogP contribution is -2.37. The lowest BCUT2D eigenvalue weighted by atomic mass is 10.2. The van der Waals surface area contributed by atoms with Crippen LogP contribution in [0.15, 0.2) is 42.0 Å². The first-order valence-corrected chi connectivity index (χ1v) is 9.08. The Hall–Kier alpha value is -2.81. The molecule has 0 bridgehead atoms. The number of nitrogens with zero attached hydrogens (tertiary/aromatic N) is 4. The second-order valence-corrected chi connectivity index (χ2v) is 6.50. The quantitative estimate of drug-likeness (QED) is 0.587. The highest BCUT2D eigenvalue weighted by Gasteiger charge is 2.32. The number of benzene rings is 1. The molecule has 8 nitrogen and oxygen atoms in total. The molecular formula is C18H23N5O3S. The van der Waals surface area contributed by atoms with E-state index >= 15 is 0 Å². The summed E-state index contributed by atoms with van der Waals surface area (Å²) in [6, 6.07) is 7.78. The summed E-state index contributed by atoms with van der Waals surface area (Å²) in [5, 5.41) is 9.54. The molecule has 9 heteroatoms. The first-order chi connectivity index (χ1) is 13.1. The maximum absolute atomic E-state index is 12.2. The lowest BCUT2D eigenvalue weighted by molar-refractivity contribution is 0.142. The minimum absolute atomic E-state index is 0.281. The standard InChI is InChI=1S/C18H23N5O3S/c1-3-8-22-10-9-21(13-20-22)14-4-6-15(7-5-14)23-12-16(26-18(23)24)11-19-17(27)25-2/h3-7,13,16H,1,8-12H2,2H3,(H,19,27). The average Bonchev–Trinajstić information content (AvgIpc) is 3.08. The minimum Gasteiger partial charge on any atom is -0.474 e. The van der Waals surface area contributed by atoms with Crippen LogP contribution in [0, 0.1) is 0 Å². The average molecular weight is 389 g/mol. The highest BCUT2D eigenvalue weighted by atomic mass is 32.1. The van der Waals surface area contributed by atoms with Gasteiger partial charge in [0.15, 0.2) is 0 Å². The zero-order valence-corrected chi connectivity index (χ0v) is 16.0. The molecule has 1 aromatic rings. The van der Waals surface area contributed by atoms with Gasteiger partial charge in [0.25, 0.3) is 5.17 Å². The van der Waals surface area contributed by atoms with Crippen molar-refractivity contribution in [2.75, 3.05) is 49.6 Å². The third-order valence-electron chi connectivity index (χ3n) is 4.32. The zero-order valence-electron chi connectivity index (χ0n) is 15.2. The molecule has 144 valence electrons. The van der Waals surface area contributed by atoms with Gasteiger partial charge < -0.3 is 19.7 Å². The first kappa shape index (κ1) is 19.0. The van der Waals surface area contributed by atoms with Gasteiger partial charge in [-0.3, -0.25) is 9.91 Å². The van der Waals surface area contributed by atoms with Gasteiger partial charge in [0.2, 0.25) is 0 Å². The van der Waals surface area contributed by atoms with Crippen LogP contribution < -0.4 is 15.1 Å². The van der Waals surface area contributed by atoms with Gasteiger partial charge in [0, 0.05) is 17.9 Å². The van der Waals surface area contributed by atoms with E-state index in [0.29, 0.717) is 13.1 Å². The molecule has 0 spiro atoms. The number of nitrogens with one attached hydrogen (secondary N) is 1. The SMILES string of the molecule is C=CCN1CCN(c2ccc(N3CC(CNC(=S)OC)OC3=O)cc2)C=N1. The molecular weight excluding hydrogens is 366 g/mol. The normalized spacial score (nSPS) is 19.1. The van der Waals surface area contributed by atoms with Gasteiger partial charge in [-0.05, 0) is 36.5 Å². The van der Waals surface area contributed by atoms with Crippen LogP contribution in [0.3, 0.4) is 0 Å². The molecule has 0 saturated carbocycles. The fourth-order valence-corrected chi connectivity index (χ4v) is 2.97. The van der Waals surface area contributed by atoms with Gasteiger partial charge in [-0.1, -0.05) is 6.08 Å². The van der Waals surface area contributed by atoms with Crippen molar-refractivity contribution in [2.45, 2.75) is 6.10 Å². The summed E-state index contributed by atoms with van der Waals surface area (Å²) < 4.78 is 10.3. The number of amides is 1. The van der Waals surface area contributed by atoms with Crippen LogP contribution in [0.1, 0.15) is 0 Å². The highest BCUT2D eigenvalue weighted by Crippen LogP contribution is 2.25. The van der Waals surface area contributed by atoms with Gasteiger partial charge in [-0.15, -0.1) is 6.58 Å². The minimum atomic E-state index is -0.363. The molecule has 3 rings (SSSR count). The summed E-state index contributed by atoms with van der Waals surface area (Å²) in [5.74, 6) is 0. The second kappa shape index (κ2) is 8.72. The van der Waals surface area contributed by atoms with Crippen LogP contribution in [0.25, 0.3) is 0 Å². The molecule has 0 aromatic heterocycles. The number of carbonyl (C=O) groups excluding carboxylic acids is 1. The summed E-state index contributed by atoms with van der Waals surface area (Å²) in [7, 11) is 1.49. The van der Waals surface area contributed by atoms with Crippen molar-refractivity contribution in [1.29, 1.82) is 0 Å². The number of cyclic esters (lactones) is 1. The van der Waals surface area contributed by atoms with Crippen molar-refractivity contribution in [1.82, 2.24) is 10.3 Å². The van der Waals surface area contributed by atoms with Crippen LogP contribution in [0.5, 0.6) is 0 Å². The number of hydrogen-bond acceptors (Lipinski definition) is 7. The van der Waals surface area contributed by atoms with Crippen molar-refractivity contribution < 1.29 is 14.3 Å². The third-order valence-corrected chi connectivity index (χ3v) is 4.63. The Labute approximate surface area is 164 Å². The van der Waals surface area contributed by atoms with Crippen molar-refractivity contribution >= 4 is 41.2 Å². The number of methoxy groups -OCH3 is 1. The molecule has 2 heterocycles. The maximum atomic E-state index is 12.2. The molecule has 1 N–H and O–H groups in total. The fourth-order valence-electron chi connectivity index (χ4n) is 2.89. The Balaban J connectivity index is 1.59. The van der Waals surface area contributed by atoms with E-state index in [4.69, 9.17) is 21.7 Å². The van der Waals surface area contributed by atoms with Crippen LogP contribution in [0.2, 0.25) is 0 Å². The number of carbonyl (C=O) groups is 1. The smallest absolute Gasteiger partial charge is 0.414 e. The van der Waals surface area contributed by atoms with E-state index in [1.54, 1.807) is 4.90 Å². The topological polar surface area (TPSA) is 69.6 Å². The molecule has 0 aliphatic carbocycles. The van der Waals surface area contributed by atoms with E-state index in [2.05, 4.69) is 21.9 Å². The molecule has 1 unspecified atom stereocenters. The molecule has 1 aromatic carbocycles. The van der Waals surface area contributed by atoms with Crippen LogP contribution in [-0.2, 0) is 9.47 Å². The Morgan fingerprint density at radius 2 is 2.15 bits per heavy atom. The lowest BCUT2D eigenvalue weighted by Gasteiger charge is -2.29. The van der Waals surface area contributed by atoms with Crippen molar-refractivity contribution in [2.24, 2.45) is 5.10 Å². The zero-order chi connectivity index (χ0) is 19.2. The van der Waals surface area contributed by atoms with E-state index in [-0.39, 0.29) is 17.4 Å². The Morgan fingerprint density at radius 3 is 2.78 bits per heavy atom. The summed E-state index contributed by atoms with van der Waals surface area (Å²) in [4.78, 5) is 15.8. The molecule has 1 amide bonds. The molecule has 1 atom stereocenters. The van der Waals surface area contributed by atoms with Crippen LogP contribution >= 0.6 is 12.2 Å². The van der Waals surface area contributed by atoms with Gasteiger partial charge >= 0.3 is 6.09 Å². The van der Waals surface area contributed by atoms with Gasteiger partial charge in [0.1, 0.15) is 12.4 Å². The summed E-state index contributed by atoms with van der Waals surface area (Å²) >= 11 is 4.93. The number of rotatable bonds is 6. The van der Waals surface area contributed by atoms with Gasteiger partial charge in [-0.2, -0.15) is 5.10 Å². The number of ether oxygens (including phenoxy) is 2. The van der Waals surface area contributed by atoms with Crippen molar-refractivity contribution in [3.63, 3.8) is 0 Å². The van der Waals surface area contributed by atoms with E-state index in [0.717, 1.165) is 31.0 Å². The van der Waals surface area contributed by atoms with Gasteiger partial charge in [-0.25, -0.2) is 4.79 Å². The van der Waals surface area contributed by atoms with Crippen LogP contribution in [0.4, 0.5) is 16.2 Å². The van der Waals surface area contributed by atoms with Gasteiger partial charge in [0.05, 0.1) is 33.3 Å². The Bertz CT molecular complexity index is 724. The summed E-state index contributed by atoms with van der Waals surface area (Å²) in [5.41, 5.74) is 1.82. The fraction of sp³-hybridized carbons (Fsp3) is 0.389. The second-order valence-electron chi connectivity index (χ2n) is 6.13. The molecule has 2 aliphatic heterocycles. The maximum Gasteiger partial charge on any atom is 0.414 e. The molecule has 1 saturated heterocycles. The van der Waals surface area contributed by atoms with E-state index in [1.807, 2.05) is 41.7 Å². The van der Waals surface area contributed by atoms with E-state index in [9.17, 15) is 4.79 Å². The molecule has 2 aliphatic rings. The Kier molecular flexibility index (Phi) is 6.12. The molecule has 27 heavy (non-hydrogen) atoms. The summed E-state index contributed by atoms with van der Waals surface area (Å²) in [6.07, 6.45) is 3.00. The predicted molar refractivity (Wildman–Crippen MR) is 109 cm³/mol. The van der Waals surface area contributed by atoms with Crippen molar-refractivity contribution in [3.8, 4) is 0 Å². The predicted octanol–water partition coefficient (Wildman–Crippen LogP) is 1.78. The van der Waals surface area contributed by atoms with E-state index < -0.39 is 0 Å². The number of thiocarbonyl (C=S) groups is 1. The monoisotopic (exact) mass is 389 g/mol. The number of hydrogen-bond donors (Lipinski definition) is 1. The number of hydrazone groups is 1. The third kappa shape index (κ3) is 4.68. The number of anilines is 2. The first-order valence-electron chi connectivity index (χ1n) is 8.67. The highest BCUT2D eigenvalue weighted by molar-refractivity contribution is 7.80. The van der Waals surface area contributed by atoms with Crippen LogP contribution in [-0.4, -0.2) is 68.6 Å². The van der Waals surface area contributed by atoms with E-state index in [1.165, 1.54) is 7.11 Å². The largest absolute Gasteiger partial charge is 0.474 e. The van der Waals surface area contributed by atoms with Crippen molar-refractivity contribution in [3.05, 3.63) is 36.9 Å². The molecule has 1 fully saturated rings.